The lowest BCUT2D eigenvalue weighted by Crippen LogP contribution is -2.30. The topological polar surface area (TPSA) is 50.3 Å². The van der Waals surface area contributed by atoms with Crippen LogP contribution in [0, 0.1) is 0 Å². The van der Waals surface area contributed by atoms with Crippen molar-refractivity contribution in [3.63, 3.8) is 0 Å². The molecular weight excluding hydrogens is 284 g/mol. The summed E-state index contributed by atoms with van der Waals surface area (Å²) >= 11 is 6.08. The SMILES string of the molecule is CCN(CC)S(=O)(=O)c1ccc2nccc(Cl)c2c1. The van der Waals surface area contributed by atoms with Crippen molar-refractivity contribution < 1.29 is 8.42 Å². The normalized spacial score (nSPS) is 12.2. The van der Waals surface area contributed by atoms with Gasteiger partial charge in [-0.05, 0) is 24.3 Å². The highest BCUT2D eigenvalue weighted by Gasteiger charge is 2.21. The molecule has 0 atom stereocenters. The molecule has 0 aliphatic rings. The summed E-state index contributed by atoms with van der Waals surface area (Å²) < 4.78 is 26.2. The Morgan fingerprint density at radius 3 is 2.53 bits per heavy atom. The molecular formula is C13H15ClN2O2S. The fourth-order valence-electron chi connectivity index (χ4n) is 1.96. The van der Waals surface area contributed by atoms with Gasteiger partial charge in [0.05, 0.1) is 15.4 Å². The fourth-order valence-corrected chi connectivity index (χ4v) is 3.66. The Hall–Kier alpha value is -1.17. The number of rotatable bonds is 4. The molecule has 102 valence electrons. The third kappa shape index (κ3) is 2.59. The van der Waals surface area contributed by atoms with Crippen molar-refractivity contribution in [2.45, 2.75) is 18.7 Å². The highest BCUT2D eigenvalue weighted by molar-refractivity contribution is 7.89. The van der Waals surface area contributed by atoms with Crippen LogP contribution >= 0.6 is 11.6 Å². The molecule has 4 nitrogen and oxygen atoms in total. The van der Waals surface area contributed by atoms with Crippen molar-refractivity contribution in [2.75, 3.05) is 13.1 Å². The minimum Gasteiger partial charge on any atom is -0.256 e. The predicted octanol–water partition coefficient (Wildman–Crippen LogP) is 2.92. The van der Waals surface area contributed by atoms with E-state index in [-0.39, 0.29) is 4.90 Å². The lowest BCUT2D eigenvalue weighted by atomic mass is 10.2. The molecule has 1 aromatic carbocycles. The van der Waals surface area contributed by atoms with Crippen LogP contribution in [-0.2, 0) is 10.0 Å². The quantitative estimate of drug-likeness (QED) is 0.872. The van der Waals surface area contributed by atoms with Gasteiger partial charge in [0.2, 0.25) is 10.0 Å². The van der Waals surface area contributed by atoms with Crippen molar-refractivity contribution >= 4 is 32.5 Å². The Balaban J connectivity index is 2.61. The third-order valence-electron chi connectivity index (χ3n) is 3.00. The second kappa shape index (κ2) is 5.45. The lowest BCUT2D eigenvalue weighted by Gasteiger charge is -2.18. The van der Waals surface area contributed by atoms with Gasteiger partial charge in [0.25, 0.3) is 0 Å². The summed E-state index contributed by atoms with van der Waals surface area (Å²) in [5, 5.41) is 1.15. The number of halogens is 1. The van der Waals surface area contributed by atoms with Crippen LogP contribution in [-0.4, -0.2) is 30.8 Å². The van der Waals surface area contributed by atoms with E-state index in [2.05, 4.69) is 4.98 Å². The van der Waals surface area contributed by atoms with E-state index in [0.717, 1.165) is 0 Å². The smallest absolute Gasteiger partial charge is 0.243 e. The summed E-state index contributed by atoms with van der Waals surface area (Å²) in [4.78, 5) is 4.41. The molecule has 0 radical (unpaired) electrons. The number of hydrogen-bond acceptors (Lipinski definition) is 3. The van der Waals surface area contributed by atoms with Crippen molar-refractivity contribution in [3.8, 4) is 0 Å². The summed E-state index contributed by atoms with van der Waals surface area (Å²) in [6, 6.07) is 6.48. The second-order valence-corrected chi connectivity index (χ2v) is 6.41. The maximum atomic E-state index is 12.4. The van der Waals surface area contributed by atoms with Crippen LogP contribution in [0.2, 0.25) is 5.02 Å². The standard InChI is InChI=1S/C13H15ClN2O2S/c1-3-16(4-2)19(17,18)10-5-6-13-11(9-10)12(14)7-8-15-13/h5-9H,3-4H2,1-2H3. The molecule has 2 aromatic rings. The van der Waals surface area contributed by atoms with Gasteiger partial charge in [0, 0.05) is 24.7 Å². The summed E-state index contributed by atoms with van der Waals surface area (Å²) in [6.07, 6.45) is 1.60. The molecule has 2 rings (SSSR count). The first-order valence-corrected chi connectivity index (χ1v) is 7.87. The largest absolute Gasteiger partial charge is 0.256 e. The molecule has 0 N–H and O–H groups in total. The van der Waals surface area contributed by atoms with Crippen LogP contribution in [0.1, 0.15) is 13.8 Å². The zero-order chi connectivity index (χ0) is 14.0. The van der Waals surface area contributed by atoms with Crippen LogP contribution in [0.3, 0.4) is 0 Å². The summed E-state index contributed by atoms with van der Waals surface area (Å²) in [6.45, 7) is 4.52. The molecule has 0 saturated carbocycles. The summed E-state index contributed by atoms with van der Waals surface area (Å²) in [5.74, 6) is 0. The summed E-state index contributed by atoms with van der Waals surface area (Å²) in [5.41, 5.74) is 0.686. The van der Waals surface area contributed by atoms with Crippen LogP contribution in [0.4, 0.5) is 0 Å². The molecule has 1 aromatic heterocycles. The average Bonchev–Trinajstić information content (AvgIpc) is 2.40. The van der Waals surface area contributed by atoms with Crippen LogP contribution < -0.4 is 0 Å². The average molecular weight is 299 g/mol. The number of sulfonamides is 1. The van der Waals surface area contributed by atoms with Gasteiger partial charge in [-0.15, -0.1) is 0 Å². The zero-order valence-electron chi connectivity index (χ0n) is 10.8. The molecule has 0 spiro atoms. The van der Waals surface area contributed by atoms with Crippen LogP contribution in [0.25, 0.3) is 10.9 Å². The number of pyridine rings is 1. The predicted molar refractivity (Wildman–Crippen MR) is 76.9 cm³/mol. The maximum absolute atomic E-state index is 12.4. The maximum Gasteiger partial charge on any atom is 0.243 e. The Labute approximate surface area is 118 Å². The molecule has 19 heavy (non-hydrogen) atoms. The van der Waals surface area contributed by atoms with Crippen LogP contribution in [0.15, 0.2) is 35.4 Å². The molecule has 1 heterocycles. The minimum absolute atomic E-state index is 0.249. The molecule has 0 unspecified atom stereocenters. The Kier molecular flexibility index (Phi) is 4.08. The minimum atomic E-state index is -3.46. The molecule has 0 bridgehead atoms. The van der Waals surface area contributed by atoms with Gasteiger partial charge in [-0.1, -0.05) is 25.4 Å². The first-order chi connectivity index (χ1) is 9.00. The van der Waals surface area contributed by atoms with Gasteiger partial charge >= 0.3 is 0 Å². The molecule has 6 heteroatoms. The highest BCUT2D eigenvalue weighted by atomic mass is 35.5. The van der Waals surface area contributed by atoms with E-state index >= 15 is 0 Å². The van der Waals surface area contributed by atoms with E-state index in [9.17, 15) is 8.42 Å². The number of hydrogen-bond donors (Lipinski definition) is 0. The molecule has 0 fully saturated rings. The molecule has 0 amide bonds. The Bertz CT molecular complexity index is 697. The summed E-state index contributed by atoms with van der Waals surface area (Å²) in [7, 11) is -3.46. The highest BCUT2D eigenvalue weighted by Crippen LogP contribution is 2.25. The van der Waals surface area contributed by atoms with Gasteiger partial charge in [0.15, 0.2) is 0 Å². The zero-order valence-corrected chi connectivity index (χ0v) is 12.4. The van der Waals surface area contributed by atoms with E-state index in [1.54, 1.807) is 30.5 Å². The van der Waals surface area contributed by atoms with E-state index < -0.39 is 10.0 Å². The lowest BCUT2D eigenvalue weighted by molar-refractivity contribution is 0.445. The third-order valence-corrected chi connectivity index (χ3v) is 5.38. The number of aromatic nitrogens is 1. The molecule has 0 aliphatic heterocycles. The van der Waals surface area contributed by atoms with Crippen molar-refractivity contribution in [3.05, 3.63) is 35.5 Å². The number of fused-ring (bicyclic) bond motifs is 1. The van der Waals surface area contributed by atoms with Gasteiger partial charge < -0.3 is 0 Å². The monoisotopic (exact) mass is 298 g/mol. The Morgan fingerprint density at radius 1 is 1.21 bits per heavy atom. The number of benzene rings is 1. The van der Waals surface area contributed by atoms with E-state index in [1.807, 2.05) is 13.8 Å². The van der Waals surface area contributed by atoms with E-state index in [4.69, 9.17) is 11.6 Å². The van der Waals surface area contributed by atoms with Crippen molar-refractivity contribution in [2.24, 2.45) is 0 Å². The fraction of sp³-hybridized carbons (Fsp3) is 0.308. The molecule has 0 saturated heterocycles. The van der Waals surface area contributed by atoms with Crippen molar-refractivity contribution in [1.82, 2.24) is 9.29 Å². The van der Waals surface area contributed by atoms with Crippen molar-refractivity contribution in [1.29, 1.82) is 0 Å². The van der Waals surface area contributed by atoms with E-state index in [0.29, 0.717) is 29.0 Å². The second-order valence-electron chi connectivity index (χ2n) is 4.06. The first kappa shape index (κ1) is 14.2. The van der Waals surface area contributed by atoms with Crippen LogP contribution in [0.5, 0.6) is 0 Å². The first-order valence-electron chi connectivity index (χ1n) is 6.05. The van der Waals surface area contributed by atoms with E-state index in [1.165, 1.54) is 4.31 Å². The van der Waals surface area contributed by atoms with Gasteiger partial charge in [0.1, 0.15) is 0 Å². The van der Waals surface area contributed by atoms with Gasteiger partial charge in [-0.3, -0.25) is 4.98 Å². The van der Waals surface area contributed by atoms with Gasteiger partial charge in [-0.25, -0.2) is 8.42 Å². The molecule has 0 aliphatic carbocycles. The number of nitrogens with zero attached hydrogens (tertiary/aromatic N) is 2. The Morgan fingerprint density at radius 2 is 1.89 bits per heavy atom. The van der Waals surface area contributed by atoms with Gasteiger partial charge in [-0.2, -0.15) is 4.31 Å².